The molecule has 1 aromatic carbocycles. The number of piperidine rings is 1. The van der Waals surface area contributed by atoms with Crippen molar-refractivity contribution in [1.82, 2.24) is 4.90 Å². The molecule has 1 fully saturated rings. The summed E-state index contributed by atoms with van der Waals surface area (Å²) in [6, 6.07) is 4.37. The predicted molar refractivity (Wildman–Crippen MR) is 69.7 cm³/mol. The minimum atomic E-state index is -0.529. The monoisotopic (exact) mass is 250 g/mol. The van der Waals surface area contributed by atoms with E-state index in [1.165, 1.54) is 12.1 Å². The zero-order chi connectivity index (χ0) is 13.3. The van der Waals surface area contributed by atoms with E-state index in [4.69, 9.17) is 5.73 Å². The summed E-state index contributed by atoms with van der Waals surface area (Å²) in [6.45, 7) is 5.82. The van der Waals surface area contributed by atoms with E-state index in [0.717, 1.165) is 12.8 Å². The number of rotatable bonds is 1. The predicted octanol–water partition coefficient (Wildman–Crippen LogP) is 2.67. The average molecular weight is 250 g/mol. The van der Waals surface area contributed by atoms with E-state index < -0.39 is 5.82 Å². The molecule has 0 radical (unpaired) electrons. The van der Waals surface area contributed by atoms with Crippen molar-refractivity contribution in [3.8, 4) is 0 Å². The first kappa shape index (κ1) is 12.9. The molecular weight excluding hydrogens is 231 g/mol. The van der Waals surface area contributed by atoms with Crippen LogP contribution in [-0.2, 0) is 0 Å². The Balaban J connectivity index is 2.15. The molecule has 1 amide bonds. The molecule has 0 aliphatic carbocycles. The average Bonchev–Trinajstić information content (AvgIpc) is 2.32. The van der Waals surface area contributed by atoms with Crippen molar-refractivity contribution in [2.24, 2.45) is 5.41 Å². The number of carbonyl (C=O) groups excluding carboxylic acids is 1. The maximum absolute atomic E-state index is 13.3. The molecule has 0 bridgehead atoms. The van der Waals surface area contributed by atoms with Crippen LogP contribution in [0.5, 0.6) is 0 Å². The third-order valence-electron chi connectivity index (χ3n) is 3.69. The standard InChI is InChI=1S/C14H19FN2O/c1-14(2)6-8-17(9-7-14)13(18)10-4-3-5-11(15)12(10)16/h3-5H,6-9,16H2,1-2H3. The number of nitrogens with zero attached hydrogens (tertiary/aromatic N) is 1. The van der Waals surface area contributed by atoms with Crippen LogP contribution in [0.1, 0.15) is 37.0 Å². The van der Waals surface area contributed by atoms with Crippen LogP contribution in [0.3, 0.4) is 0 Å². The van der Waals surface area contributed by atoms with Gasteiger partial charge in [-0.15, -0.1) is 0 Å². The molecule has 1 aliphatic heterocycles. The van der Waals surface area contributed by atoms with E-state index in [0.29, 0.717) is 13.1 Å². The number of amides is 1. The molecule has 0 saturated carbocycles. The van der Waals surface area contributed by atoms with Crippen LogP contribution in [0.2, 0.25) is 0 Å². The zero-order valence-corrected chi connectivity index (χ0v) is 10.9. The van der Waals surface area contributed by atoms with Gasteiger partial charge in [-0.05, 0) is 30.4 Å². The van der Waals surface area contributed by atoms with Crippen LogP contribution in [0.25, 0.3) is 0 Å². The SMILES string of the molecule is CC1(C)CCN(C(=O)c2cccc(F)c2N)CC1. The smallest absolute Gasteiger partial charge is 0.256 e. The Labute approximate surface area is 107 Å². The van der Waals surface area contributed by atoms with Gasteiger partial charge in [0.2, 0.25) is 0 Å². The third-order valence-corrected chi connectivity index (χ3v) is 3.69. The van der Waals surface area contributed by atoms with E-state index in [1.807, 2.05) is 0 Å². The topological polar surface area (TPSA) is 46.3 Å². The fourth-order valence-corrected chi connectivity index (χ4v) is 2.21. The summed E-state index contributed by atoms with van der Waals surface area (Å²) >= 11 is 0. The quantitative estimate of drug-likeness (QED) is 0.779. The summed E-state index contributed by atoms with van der Waals surface area (Å²) in [4.78, 5) is 14.0. The van der Waals surface area contributed by atoms with Gasteiger partial charge < -0.3 is 10.6 Å². The number of anilines is 1. The number of nitrogen functional groups attached to an aromatic ring is 1. The van der Waals surface area contributed by atoms with Crippen molar-refractivity contribution in [2.75, 3.05) is 18.8 Å². The Kier molecular flexibility index (Phi) is 3.28. The molecule has 0 unspecified atom stereocenters. The van der Waals surface area contributed by atoms with Crippen molar-refractivity contribution in [3.63, 3.8) is 0 Å². The summed E-state index contributed by atoms with van der Waals surface area (Å²) in [6.07, 6.45) is 1.93. The molecule has 4 heteroatoms. The molecule has 1 heterocycles. The Morgan fingerprint density at radius 1 is 1.33 bits per heavy atom. The van der Waals surface area contributed by atoms with Gasteiger partial charge in [-0.25, -0.2) is 4.39 Å². The highest BCUT2D eigenvalue weighted by Crippen LogP contribution is 2.30. The number of benzene rings is 1. The number of nitrogens with two attached hydrogens (primary N) is 1. The van der Waals surface area contributed by atoms with Crippen molar-refractivity contribution >= 4 is 11.6 Å². The van der Waals surface area contributed by atoms with E-state index >= 15 is 0 Å². The maximum Gasteiger partial charge on any atom is 0.256 e. The highest BCUT2D eigenvalue weighted by atomic mass is 19.1. The molecule has 18 heavy (non-hydrogen) atoms. The first-order chi connectivity index (χ1) is 8.41. The van der Waals surface area contributed by atoms with E-state index in [-0.39, 0.29) is 22.6 Å². The van der Waals surface area contributed by atoms with Crippen LogP contribution in [0.4, 0.5) is 10.1 Å². The first-order valence-electron chi connectivity index (χ1n) is 6.24. The van der Waals surface area contributed by atoms with Crippen molar-refractivity contribution in [2.45, 2.75) is 26.7 Å². The maximum atomic E-state index is 13.3. The van der Waals surface area contributed by atoms with Gasteiger partial charge in [0.15, 0.2) is 0 Å². The number of likely N-dealkylation sites (tertiary alicyclic amines) is 1. The normalized spacial score (nSPS) is 18.7. The van der Waals surface area contributed by atoms with Gasteiger partial charge >= 0.3 is 0 Å². The summed E-state index contributed by atoms with van der Waals surface area (Å²) in [5, 5.41) is 0. The molecule has 0 atom stereocenters. The fraction of sp³-hybridized carbons (Fsp3) is 0.500. The lowest BCUT2D eigenvalue weighted by Crippen LogP contribution is -2.41. The summed E-state index contributed by atoms with van der Waals surface area (Å²) < 4.78 is 13.3. The van der Waals surface area contributed by atoms with Crippen LogP contribution >= 0.6 is 0 Å². The number of halogens is 1. The molecular formula is C14H19FN2O. The summed E-state index contributed by atoms with van der Waals surface area (Å²) in [5.41, 5.74) is 6.13. The van der Waals surface area contributed by atoms with E-state index in [1.54, 1.807) is 11.0 Å². The van der Waals surface area contributed by atoms with Crippen LogP contribution in [0, 0.1) is 11.2 Å². The van der Waals surface area contributed by atoms with Crippen molar-refractivity contribution < 1.29 is 9.18 Å². The molecule has 0 spiro atoms. The Morgan fingerprint density at radius 2 is 1.94 bits per heavy atom. The van der Waals surface area contributed by atoms with E-state index in [2.05, 4.69) is 13.8 Å². The van der Waals surface area contributed by atoms with Gasteiger partial charge in [-0.1, -0.05) is 19.9 Å². The fourth-order valence-electron chi connectivity index (χ4n) is 2.21. The third kappa shape index (κ3) is 2.47. The second-order valence-electron chi connectivity index (χ2n) is 5.66. The number of carbonyl (C=O) groups is 1. The molecule has 98 valence electrons. The molecule has 0 aromatic heterocycles. The second-order valence-corrected chi connectivity index (χ2v) is 5.66. The van der Waals surface area contributed by atoms with Crippen LogP contribution < -0.4 is 5.73 Å². The first-order valence-corrected chi connectivity index (χ1v) is 6.24. The largest absolute Gasteiger partial charge is 0.396 e. The second kappa shape index (κ2) is 4.59. The molecule has 1 aromatic rings. The molecule has 1 aliphatic rings. The van der Waals surface area contributed by atoms with Crippen LogP contribution in [0.15, 0.2) is 18.2 Å². The lowest BCUT2D eigenvalue weighted by atomic mass is 9.82. The zero-order valence-electron chi connectivity index (χ0n) is 10.9. The minimum Gasteiger partial charge on any atom is -0.396 e. The van der Waals surface area contributed by atoms with Gasteiger partial charge in [0.25, 0.3) is 5.91 Å². The minimum absolute atomic E-state index is 0.0488. The van der Waals surface area contributed by atoms with Gasteiger partial charge in [-0.3, -0.25) is 4.79 Å². The van der Waals surface area contributed by atoms with Crippen LogP contribution in [-0.4, -0.2) is 23.9 Å². The lowest BCUT2D eigenvalue weighted by Gasteiger charge is -2.37. The summed E-state index contributed by atoms with van der Waals surface area (Å²) in [7, 11) is 0. The lowest BCUT2D eigenvalue weighted by molar-refractivity contribution is 0.0631. The number of hydrogen-bond donors (Lipinski definition) is 1. The van der Waals surface area contributed by atoms with Gasteiger partial charge in [0.05, 0.1) is 11.3 Å². The number of para-hydroxylation sites is 1. The van der Waals surface area contributed by atoms with E-state index in [9.17, 15) is 9.18 Å². The molecule has 3 nitrogen and oxygen atoms in total. The number of hydrogen-bond acceptors (Lipinski definition) is 2. The molecule has 1 saturated heterocycles. The Hall–Kier alpha value is -1.58. The van der Waals surface area contributed by atoms with Crippen molar-refractivity contribution in [3.05, 3.63) is 29.6 Å². The Bertz CT molecular complexity index is 461. The summed E-state index contributed by atoms with van der Waals surface area (Å²) in [5.74, 6) is -0.694. The Morgan fingerprint density at radius 3 is 2.56 bits per heavy atom. The highest BCUT2D eigenvalue weighted by molar-refractivity contribution is 5.99. The molecule has 2 rings (SSSR count). The van der Waals surface area contributed by atoms with Gasteiger partial charge in [0, 0.05) is 13.1 Å². The highest BCUT2D eigenvalue weighted by Gasteiger charge is 2.29. The van der Waals surface area contributed by atoms with Crippen molar-refractivity contribution in [1.29, 1.82) is 0 Å². The molecule has 2 N–H and O–H groups in total. The van der Waals surface area contributed by atoms with Gasteiger partial charge in [-0.2, -0.15) is 0 Å². The van der Waals surface area contributed by atoms with Gasteiger partial charge in [0.1, 0.15) is 5.82 Å².